The maximum Gasteiger partial charge on any atom is 0.189 e. The van der Waals surface area contributed by atoms with Gasteiger partial charge in [-0.1, -0.05) is 33.8 Å². The topological polar surface area (TPSA) is 40.5 Å². The van der Waals surface area contributed by atoms with Crippen molar-refractivity contribution in [2.24, 2.45) is 16.9 Å². The predicted octanol–water partition coefficient (Wildman–Crippen LogP) is 3.29. The van der Waals surface area contributed by atoms with Crippen molar-refractivity contribution in [2.75, 3.05) is 13.1 Å². The fraction of sp³-hybridized carbons (Fsp3) is 0.562. The number of aromatic nitrogens is 1. The number of thiocarbonyl (C=S) groups is 1. The Morgan fingerprint density at radius 3 is 2.33 bits per heavy atom. The second-order valence-corrected chi connectivity index (χ2v) is 6.41. The number of hydrogen-bond donors (Lipinski definition) is 1. The Morgan fingerprint density at radius 2 is 1.86 bits per heavy atom. The first-order valence-corrected chi connectivity index (χ1v) is 7.81. The molecule has 0 aromatic carbocycles. The zero-order valence-electron chi connectivity index (χ0n) is 13.6. The second kappa shape index (κ2) is 8.72. The van der Waals surface area contributed by atoms with Crippen LogP contribution in [0.4, 0.5) is 0 Å². The summed E-state index contributed by atoms with van der Waals surface area (Å²) in [6.07, 6.45) is 1.76. The van der Waals surface area contributed by atoms with E-state index in [2.05, 4.69) is 48.1 Å². The molecule has 0 aliphatic carbocycles. The fourth-order valence-electron chi connectivity index (χ4n) is 1.96. The molecule has 0 aliphatic rings. The van der Waals surface area contributed by atoms with Gasteiger partial charge in [-0.05, 0) is 43.1 Å². The fourth-order valence-corrected chi connectivity index (χ4v) is 2.15. The first-order valence-electron chi connectivity index (χ1n) is 7.40. The summed E-state index contributed by atoms with van der Waals surface area (Å²) in [5.41, 5.74) is 4.68. The molecule has 0 aliphatic heterocycles. The molecule has 0 unspecified atom stereocenters. The Balaban J connectivity index is 2.68. The maximum atomic E-state index is 5.47. The van der Waals surface area contributed by atoms with Crippen LogP contribution < -0.4 is 5.43 Å². The Kier molecular flexibility index (Phi) is 7.29. The van der Waals surface area contributed by atoms with E-state index >= 15 is 0 Å². The second-order valence-electron chi connectivity index (χ2n) is 6.02. The number of nitrogens with zero attached hydrogens (tertiary/aromatic N) is 3. The van der Waals surface area contributed by atoms with E-state index in [1.54, 1.807) is 6.20 Å². The van der Waals surface area contributed by atoms with Crippen molar-refractivity contribution in [3.05, 3.63) is 30.1 Å². The Hall–Kier alpha value is -1.49. The zero-order chi connectivity index (χ0) is 15.8. The third-order valence-electron chi connectivity index (χ3n) is 2.81. The maximum absolute atomic E-state index is 5.47. The highest BCUT2D eigenvalue weighted by molar-refractivity contribution is 7.80. The van der Waals surface area contributed by atoms with E-state index in [-0.39, 0.29) is 0 Å². The molecule has 1 rings (SSSR count). The monoisotopic (exact) mass is 306 g/mol. The summed E-state index contributed by atoms with van der Waals surface area (Å²) in [5.74, 6) is 1.12. The van der Waals surface area contributed by atoms with Gasteiger partial charge in [-0.2, -0.15) is 5.10 Å². The lowest BCUT2D eigenvalue weighted by Crippen LogP contribution is -2.42. The lowest BCUT2D eigenvalue weighted by molar-refractivity contribution is 0.324. The van der Waals surface area contributed by atoms with Gasteiger partial charge in [0.1, 0.15) is 0 Å². The van der Waals surface area contributed by atoms with Crippen LogP contribution in [0.5, 0.6) is 0 Å². The van der Waals surface area contributed by atoms with Crippen molar-refractivity contribution in [3.8, 4) is 0 Å². The lowest BCUT2D eigenvalue weighted by Gasteiger charge is -2.28. The van der Waals surface area contributed by atoms with Crippen LogP contribution in [0.25, 0.3) is 0 Å². The van der Waals surface area contributed by atoms with Crippen LogP contribution in [0.3, 0.4) is 0 Å². The van der Waals surface area contributed by atoms with E-state index in [0.717, 1.165) is 24.5 Å². The van der Waals surface area contributed by atoms with Crippen molar-refractivity contribution in [3.63, 3.8) is 0 Å². The predicted molar refractivity (Wildman–Crippen MR) is 93.4 cm³/mol. The van der Waals surface area contributed by atoms with Gasteiger partial charge < -0.3 is 4.90 Å². The Labute approximate surface area is 133 Å². The molecule has 0 atom stereocenters. The zero-order valence-corrected chi connectivity index (χ0v) is 14.4. The van der Waals surface area contributed by atoms with Crippen molar-refractivity contribution < 1.29 is 0 Å². The first-order chi connectivity index (χ1) is 9.90. The van der Waals surface area contributed by atoms with Crippen LogP contribution in [-0.4, -0.2) is 33.8 Å². The van der Waals surface area contributed by atoms with Gasteiger partial charge in [0.15, 0.2) is 5.11 Å². The summed E-state index contributed by atoms with van der Waals surface area (Å²) in [6, 6.07) is 5.77. The molecule has 0 spiro atoms. The van der Waals surface area contributed by atoms with Crippen molar-refractivity contribution in [1.82, 2.24) is 15.3 Å². The molecule has 116 valence electrons. The molecular weight excluding hydrogens is 280 g/mol. The molecule has 4 nitrogen and oxygen atoms in total. The highest BCUT2D eigenvalue weighted by atomic mass is 32.1. The molecule has 0 bridgehead atoms. The number of hydrogen-bond acceptors (Lipinski definition) is 3. The summed E-state index contributed by atoms with van der Waals surface area (Å²) in [5, 5.41) is 5.02. The van der Waals surface area contributed by atoms with Crippen molar-refractivity contribution in [2.45, 2.75) is 34.6 Å². The number of nitrogens with one attached hydrogen (secondary N) is 1. The standard InChI is InChI=1S/C16H26N4S/c1-12(2)10-20(11-13(3)4)16(21)19-18-14(5)15-8-6-7-9-17-15/h6-9,12-13H,10-11H2,1-5H3,(H,19,21)/b18-14-. The average molecular weight is 306 g/mol. The largest absolute Gasteiger partial charge is 0.347 e. The number of pyridine rings is 1. The number of rotatable bonds is 6. The van der Waals surface area contributed by atoms with Gasteiger partial charge in [-0.15, -0.1) is 0 Å². The highest BCUT2D eigenvalue weighted by Gasteiger charge is 2.12. The van der Waals surface area contributed by atoms with Gasteiger partial charge in [-0.3, -0.25) is 10.4 Å². The molecule has 0 radical (unpaired) electrons. The normalized spacial score (nSPS) is 11.9. The molecule has 0 fully saturated rings. The van der Waals surface area contributed by atoms with Gasteiger partial charge in [0, 0.05) is 19.3 Å². The molecule has 1 N–H and O–H groups in total. The van der Waals surface area contributed by atoms with Crippen LogP contribution in [0.2, 0.25) is 0 Å². The summed E-state index contributed by atoms with van der Waals surface area (Å²) < 4.78 is 0. The molecular formula is C16H26N4S. The van der Waals surface area contributed by atoms with Crippen LogP contribution in [0.1, 0.15) is 40.3 Å². The van der Waals surface area contributed by atoms with Gasteiger partial charge >= 0.3 is 0 Å². The Morgan fingerprint density at radius 1 is 1.24 bits per heavy atom. The minimum atomic E-state index is 0.560. The smallest absolute Gasteiger partial charge is 0.189 e. The molecule has 21 heavy (non-hydrogen) atoms. The van der Waals surface area contributed by atoms with E-state index in [1.165, 1.54) is 0 Å². The van der Waals surface area contributed by atoms with E-state index in [0.29, 0.717) is 16.9 Å². The SMILES string of the molecule is C/C(=N/NC(=S)N(CC(C)C)CC(C)C)c1ccccn1. The third kappa shape index (κ3) is 6.67. The van der Waals surface area contributed by atoms with Crippen LogP contribution in [-0.2, 0) is 0 Å². The summed E-state index contributed by atoms with van der Waals surface area (Å²) in [7, 11) is 0. The molecule has 0 saturated heterocycles. The molecule has 1 aromatic rings. The Bertz CT molecular complexity index is 458. The summed E-state index contributed by atoms with van der Waals surface area (Å²) in [6.45, 7) is 12.6. The molecule has 5 heteroatoms. The molecule has 1 heterocycles. The quantitative estimate of drug-likeness (QED) is 0.497. The molecule has 1 aromatic heterocycles. The third-order valence-corrected chi connectivity index (χ3v) is 3.16. The lowest BCUT2D eigenvalue weighted by atomic mass is 10.1. The first kappa shape index (κ1) is 17.6. The number of hydrazone groups is 1. The van der Waals surface area contributed by atoms with E-state index in [9.17, 15) is 0 Å². The molecule has 0 saturated carbocycles. The minimum absolute atomic E-state index is 0.560. The average Bonchev–Trinajstić information content (AvgIpc) is 2.43. The van der Waals surface area contributed by atoms with Gasteiger partial charge in [0.2, 0.25) is 0 Å². The van der Waals surface area contributed by atoms with Crippen LogP contribution in [0.15, 0.2) is 29.5 Å². The van der Waals surface area contributed by atoms with Crippen molar-refractivity contribution >= 4 is 23.0 Å². The summed E-state index contributed by atoms with van der Waals surface area (Å²) >= 11 is 5.47. The molecule has 0 amide bonds. The van der Waals surface area contributed by atoms with Gasteiger partial charge in [0.25, 0.3) is 0 Å². The van der Waals surface area contributed by atoms with Gasteiger partial charge in [-0.25, -0.2) is 0 Å². The summed E-state index contributed by atoms with van der Waals surface area (Å²) in [4.78, 5) is 6.45. The minimum Gasteiger partial charge on any atom is -0.347 e. The van der Waals surface area contributed by atoms with Crippen LogP contribution >= 0.6 is 12.2 Å². The van der Waals surface area contributed by atoms with Gasteiger partial charge in [0.05, 0.1) is 11.4 Å². The van der Waals surface area contributed by atoms with Crippen molar-refractivity contribution in [1.29, 1.82) is 0 Å². The van der Waals surface area contributed by atoms with E-state index < -0.39 is 0 Å². The van der Waals surface area contributed by atoms with E-state index in [1.807, 2.05) is 25.1 Å². The van der Waals surface area contributed by atoms with E-state index in [4.69, 9.17) is 12.2 Å². The van der Waals surface area contributed by atoms with Crippen LogP contribution in [0, 0.1) is 11.8 Å². The highest BCUT2D eigenvalue weighted by Crippen LogP contribution is 2.05.